The fraction of sp³-hybridized carbons (Fsp3) is 0.947. The molecule has 5 unspecified atom stereocenters. The molecule has 0 aromatic heterocycles. The predicted molar refractivity (Wildman–Crippen MR) is 82.6 cm³/mol. The first-order chi connectivity index (χ1) is 9.92. The second-order valence-corrected chi connectivity index (χ2v) is 9.00. The lowest BCUT2D eigenvalue weighted by Gasteiger charge is -2.43. The van der Waals surface area contributed by atoms with Crippen molar-refractivity contribution in [1.29, 1.82) is 0 Å². The van der Waals surface area contributed by atoms with Crippen molar-refractivity contribution in [2.75, 3.05) is 0 Å². The van der Waals surface area contributed by atoms with Gasteiger partial charge >= 0.3 is 5.97 Å². The number of rotatable bonds is 4. The van der Waals surface area contributed by atoms with Crippen molar-refractivity contribution in [1.82, 2.24) is 0 Å². The molecule has 21 heavy (non-hydrogen) atoms. The molecule has 0 saturated heterocycles. The highest BCUT2D eigenvalue weighted by molar-refractivity contribution is 5.76. The molecule has 5 aliphatic carbocycles. The van der Waals surface area contributed by atoms with Gasteiger partial charge in [-0.25, -0.2) is 0 Å². The van der Waals surface area contributed by atoms with Crippen molar-refractivity contribution in [3.8, 4) is 0 Å². The summed E-state index contributed by atoms with van der Waals surface area (Å²) >= 11 is 0. The fourth-order valence-electron chi connectivity index (χ4n) is 6.35. The summed E-state index contributed by atoms with van der Waals surface area (Å²) in [6, 6.07) is 0. The van der Waals surface area contributed by atoms with Crippen LogP contribution in [0.15, 0.2) is 0 Å². The SMILES string of the molecule is CCC(C)(C)C(=O)OC1(CC)CC2CC1C1C3CC(C3)C21. The summed E-state index contributed by atoms with van der Waals surface area (Å²) in [5.74, 6) is 5.47. The van der Waals surface area contributed by atoms with Gasteiger partial charge in [0.15, 0.2) is 0 Å². The maximum atomic E-state index is 12.7. The molecule has 2 nitrogen and oxygen atoms in total. The molecule has 0 N–H and O–H groups in total. The number of carbonyl (C=O) groups excluding carboxylic acids is 1. The average Bonchev–Trinajstić information content (AvgIpc) is 3.11. The zero-order chi connectivity index (χ0) is 15.0. The van der Waals surface area contributed by atoms with Crippen LogP contribution in [0.5, 0.6) is 0 Å². The van der Waals surface area contributed by atoms with Crippen LogP contribution in [0, 0.1) is 40.9 Å². The first kappa shape index (κ1) is 14.1. The molecule has 0 aromatic carbocycles. The van der Waals surface area contributed by atoms with E-state index in [0.29, 0.717) is 5.92 Å². The monoisotopic (exact) mass is 290 g/mol. The molecule has 0 radical (unpaired) electrons. The summed E-state index contributed by atoms with van der Waals surface area (Å²) in [7, 11) is 0. The number of carbonyl (C=O) groups is 1. The molecular formula is C19H30O2. The van der Waals surface area contributed by atoms with Gasteiger partial charge in [-0.1, -0.05) is 13.8 Å². The van der Waals surface area contributed by atoms with Crippen molar-refractivity contribution in [3.05, 3.63) is 0 Å². The molecule has 0 spiro atoms. The third-order valence-electron chi connectivity index (χ3n) is 7.92. The average molecular weight is 290 g/mol. The molecule has 0 amide bonds. The van der Waals surface area contributed by atoms with Crippen LogP contribution in [0.2, 0.25) is 0 Å². The molecular weight excluding hydrogens is 260 g/mol. The third kappa shape index (κ3) is 1.68. The summed E-state index contributed by atoms with van der Waals surface area (Å²) in [6.07, 6.45) is 7.34. The highest BCUT2D eigenvalue weighted by Gasteiger charge is 2.70. The molecule has 5 aliphatic rings. The van der Waals surface area contributed by atoms with Gasteiger partial charge in [0.2, 0.25) is 0 Å². The summed E-state index contributed by atoms with van der Waals surface area (Å²) in [5, 5.41) is 0. The van der Waals surface area contributed by atoms with E-state index in [1.54, 1.807) is 0 Å². The molecule has 2 heteroatoms. The fourth-order valence-corrected chi connectivity index (χ4v) is 6.35. The summed E-state index contributed by atoms with van der Waals surface area (Å²) < 4.78 is 6.27. The smallest absolute Gasteiger partial charge is 0.312 e. The zero-order valence-electron chi connectivity index (χ0n) is 14.0. The minimum Gasteiger partial charge on any atom is -0.458 e. The summed E-state index contributed by atoms with van der Waals surface area (Å²) in [5.41, 5.74) is -0.450. The van der Waals surface area contributed by atoms with Gasteiger partial charge in [0, 0.05) is 5.92 Å². The van der Waals surface area contributed by atoms with Crippen LogP contribution in [0.1, 0.15) is 66.2 Å². The van der Waals surface area contributed by atoms with Crippen LogP contribution in [-0.2, 0) is 9.53 Å². The zero-order valence-corrected chi connectivity index (χ0v) is 14.0. The Morgan fingerprint density at radius 2 is 1.76 bits per heavy atom. The molecule has 118 valence electrons. The van der Waals surface area contributed by atoms with E-state index in [-0.39, 0.29) is 17.0 Å². The second kappa shape index (κ2) is 4.26. The number of fused-ring (bicyclic) bond motifs is 2. The Bertz CT molecular complexity index is 462. The largest absolute Gasteiger partial charge is 0.458 e. The van der Waals surface area contributed by atoms with Gasteiger partial charge in [0.05, 0.1) is 5.41 Å². The van der Waals surface area contributed by atoms with E-state index < -0.39 is 0 Å². The van der Waals surface area contributed by atoms with Crippen molar-refractivity contribution >= 4 is 5.97 Å². The highest BCUT2D eigenvalue weighted by atomic mass is 16.6. The standard InChI is InChI=1S/C19H30O2/c1-5-18(3,4)17(20)21-19(6-2)10-13-9-14(19)16-12-7-11(8-12)15(13)16/h11-16H,5-10H2,1-4H3. The Morgan fingerprint density at radius 1 is 1.10 bits per heavy atom. The first-order valence-corrected chi connectivity index (χ1v) is 9.15. The minimum absolute atomic E-state index is 0.0429. The molecule has 5 saturated carbocycles. The van der Waals surface area contributed by atoms with Crippen LogP contribution in [0.3, 0.4) is 0 Å². The molecule has 0 aliphatic heterocycles. The summed E-state index contributed by atoms with van der Waals surface area (Å²) in [4.78, 5) is 12.7. The van der Waals surface area contributed by atoms with E-state index in [2.05, 4.69) is 13.8 Å². The van der Waals surface area contributed by atoms with Crippen molar-refractivity contribution in [2.45, 2.75) is 71.8 Å². The maximum Gasteiger partial charge on any atom is 0.312 e. The molecule has 5 fully saturated rings. The van der Waals surface area contributed by atoms with Gasteiger partial charge in [0.25, 0.3) is 0 Å². The van der Waals surface area contributed by atoms with Gasteiger partial charge < -0.3 is 4.74 Å². The van der Waals surface area contributed by atoms with Crippen LogP contribution in [0.25, 0.3) is 0 Å². The van der Waals surface area contributed by atoms with Gasteiger partial charge in [-0.05, 0) is 82.0 Å². The Morgan fingerprint density at radius 3 is 2.38 bits per heavy atom. The van der Waals surface area contributed by atoms with Crippen molar-refractivity contribution < 1.29 is 9.53 Å². The van der Waals surface area contributed by atoms with E-state index in [0.717, 1.165) is 48.9 Å². The number of ether oxygens (including phenoxy) is 1. The van der Waals surface area contributed by atoms with Crippen LogP contribution < -0.4 is 0 Å². The van der Waals surface area contributed by atoms with E-state index in [1.165, 1.54) is 19.3 Å². The normalized spacial score (nSPS) is 49.9. The number of hydrogen-bond donors (Lipinski definition) is 0. The van der Waals surface area contributed by atoms with Crippen LogP contribution in [-0.4, -0.2) is 11.6 Å². The topological polar surface area (TPSA) is 26.3 Å². The van der Waals surface area contributed by atoms with E-state index in [1.807, 2.05) is 13.8 Å². The molecule has 0 heterocycles. The minimum atomic E-state index is -0.332. The first-order valence-electron chi connectivity index (χ1n) is 9.15. The third-order valence-corrected chi connectivity index (χ3v) is 7.92. The second-order valence-electron chi connectivity index (χ2n) is 9.00. The lowest BCUT2D eigenvalue weighted by atomic mass is 9.71. The summed E-state index contributed by atoms with van der Waals surface area (Å²) in [6.45, 7) is 8.38. The van der Waals surface area contributed by atoms with Gasteiger partial charge in [-0.15, -0.1) is 0 Å². The van der Waals surface area contributed by atoms with Gasteiger partial charge in [0.1, 0.15) is 5.60 Å². The number of esters is 1. The Balaban J connectivity index is 1.57. The highest BCUT2D eigenvalue weighted by Crippen LogP contribution is 2.73. The van der Waals surface area contributed by atoms with E-state index in [9.17, 15) is 4.79 Å². The quantitative estimate of drug-likeness (QED) is 0.716. The van der Waals surface area contributed by atoms with Crippen molar-refractivity contribution in [2.24, 2.45) is 40.9 Å². The van der Waals surface area contributed by atoms with Gasteiger partial charge in [-0.2, -0.15) is 0 Å². The Kier molecular flexibility index (Phi) is 2.86. The van der Waals surface area contributed by atoms with E-state index >= 15 is 0 Å². The predicted octanol–water partition coefficient (Wildman–Crippen LogP) is 4.43. The lowest BCUT2D eigenvalue weighted by Crippen LogP contribution is -2.47. The molecule has 4 bridgehead atoms. The Labute approximate surface area is 129 Å². The molecule has 5 atom stereocenters. The maximum absolute atomic E-state index is 12.7. The Hall–Kier alpha value is -0.530. The molecule has 0 aromatic rings. The van der Waals surface area contributed by atoms with Crippen LogP contribution in [0.4, 0.5) is 0 Å². The lowest BCUT2D eigenvalue weighted by molar-refractivity contribution is -0.181. The van der Waals surface area contributed by atoms with Gasteiger partial charge in [-0.3, -0.25) is 4.79 Å². The molecule has 5 rings (SSSR count). The van der Waals surface area contributed by atoms with E-state index in [4.69, 9.17) is 4.74 Å². The number of hydrogen-bond acceptors (Lipinski definition) is 2. The van der Waals surface area contributed by atoms with Crippen LogP contribution >= 0.6 is 0 Å². The van der Waals surface area contributed by atoms with Crippen molar-refractivity contribution in [3.63, 3.8) is 0 Å².